The molecule has 4 N–H and O–H groups in total. The number of nitrogens with one attached hydrogen (secondary N) is 3. The normalized spacial score (nSPS) is 16.7. The minimum absolute atomic E-state index is 0.139. The summed E-state index contributed by atoms with van der Waals surface area (Å²) in [5, 5.41) is 19.1. The Morgan fingerprint density at radius 1 is 1.30 bits per heavy atom. The molecule has 0 aliphatic heterocycles. The largest absolute Gasteiger partial charge is 0.385 e. The van der Waals surface area contributed by atoms with E-state index in [1.807, 2.05) is 13.8 Å². The third-order valence-electron chi connectivity index (χ3n) is 4.45. The summed E-state index contributed by atoms with van der Waals surface area (Å²) in [5.74, 6) is 0.718. The Bertz CT molecular complexity index is 716. The molecule has 124 valence electrons. The summed E-state index contributed by atoms with van der Waals surface area (Å²) in [5.41, 5.74) is 4.18. The summed E-state index contributed by atoms with van der Waals surface area (Å²) in [4.78, 5) is 20.0. The van der Waals surface area contributed by atoms with Crippen LogP contribution in [-0.4, -0.2) is 31.2 Å². The second kappa shape index (κ2) is 6.16. The van der Waals surface area contributed by atoms with Crippen LogP contribution in [0.4, 0.5) is 0 Å². The smallest absolute Gasteiger partial charge is 0.268 e. The second-order valence-corrected chi connectivity index (χ2v) is 6.24. The van der Waals surface area contributed by atoms with Crippen molar-refractivity contribution >= 4 is 5.91 Å². The van der Waals surface area contributed by atoms with Gasteiger partial charge >= 0.3 is 0 Å². The molecule has 0 aromatic carbocycles. The monoisotopic (exact) mass is 317 g/mol. The van der Waals surface area contributed by atoms with E-state index in [1.54, 1.807) is 6.92 Å². The standard InChI is InChI=1S/C16H23N5O2/c1-8-11-6-4-5-7-12(11)18-13(8)16(23)17-9(2)14-19-15(10(3)22)21-20-14/h9-10,18,22H,4-7H2,1-3H3,(H,17,23)(H,19,20,21). The number of hydrogen-bond donors (Lipinski definition) is 4. The van der Waals surface area contributed by atoms with Crippen molar-refractivity contribution in [2.75, 3.05) is 0 Å². The minimum atomic E-state index is -0.736. The number of amides is 1. The van der Waals surface area contributed by atoms with Crippen molar-refractivity contribution in [3.8, 4) is 0 Å². The Kier molecular flexibility index (Phi) is 4.21. The molecule has 23 heavy (non-hydrogen) atoms. The topological polar surface area (TPSA) is 107 Å². The van der Waals surface area contributed by atoms with Crippen LogP contribution in [-0.2, 0) is 12.8 Å². The van der Waals surface area contributed by atoms with Crippen molar-refractivity contribution < 1.29 is 9.90 Å². The lowest BCUT2D eigenvalue weighted by Gasteiger charge is -2.11. The van der Waals surface area contributed by atoms with E-state index < -0.39 is 6.10 Å². The maximum atomic E-state index is 12.6. The molecule has 0 saturated heterocycles. The van der Waals surface area contributed by atoms with Crippen LogP contribution in [0.5, 0.6) is 0 Å². The Morgan fingerprint density at radius 2 is 2.04 bits per heavy atom. The molecule has 0 saturated carbocycles. The van der Waals surface area contributed by atoms with Gasteiger partial charge in [-0.25, -0.2) is 4.98 Å². The number of aromatic nitrogens is 4. The molecule has 2 aromatic rings. The number of hydrogen-bond acceptors (Lipinski definition) is 4. The van der Waals surface area contributed by atoms with Gasteiger partial charge in [-0.3, -0.25) is 9.89 Å². The number of aromatic amines is 2. The number of carbonyl (C=O) groups excluding carboxylic acids is 1. The average Bonchev–Trinajstić information content (AvgIpc) is 3.13. The van der Waals surface area contributed by atoms with Crippen molar-refractivity contribution in [1.29, 1.82) is 0 Å². The quantitative estimate of drug-likeness (QED) is 0.690. The molecule has 0 fully saturated rings. The Morgan fingerprint density at radius 3 is 2.70 bits per heavy atom. The third-order valence-corrected chi connectivity index (χ3v) is 4.45. The van der Waals surface area contributed by atoms with Crippen molar-refractivity contribution in [2.24, 2.45) is 0 Å². The number of fused-ring (bicyclic) bond motifs is 1. The second-order valence-electron chi connectivity index (χ2n) is 6.24. The molecular formula is C16H23N5O2. The van der Waals surface area contributed by atoms with E-state index in [0.717, 1.165) is 18.4 Å². The van der Waals surface area contributed by atoms with Crippen LogP contribution >= 0.6 is 0 Å². The lowest BCUT2D eigenvalue weighted by atomic mass is 9.95. The van der Waals surface area contributed by atoms with Gasteiger partial charge in [0.25, 0.3) is 5.91 Å². The number of aliphatic hydroxyl groups is 1. The maximum Gasteiger partial charge on any atom is 0.268 e. The lowest BCUT2D eigenvalue weighted by Crippen LogP contribution is -2.28. The van der Waals surface area contributed by atoms with Gasteiger partial charge in [0, 0.05) is 5.69 Å². The average molecular weight is 317 g/mol. The molecule has 1 amide bonds. The predicted octanol–water partition coefficient (Wildman–Crippen LogP) is 1.86. The molecule has 0 radical (unpaired) electrons. The zero-order chi connectivity index (χ0) is 16.6. The molecule has 1 aliphatic rings. The molecule has 2 aromatic heterocycles. The number of H-pyrrole nitrogens is 2. The van der Waals surface area contributed by atoms with Crippen molar-refractivity contribution in [3.63, 3.8) is 0 Å². The highest BCUT2D eigenvalue weighted by molar-refractivity contribution is 5.94. The summed E-state index contributed by atoms with van der Waals surface area (Å²) in [7, 11) is 0. The highest BCUT2D eigenvalue weighted by Gasteiger charge is 2.23. The van der Waals surface area contributed by atoms with Crippen LogP contribution in [0.15, 0.2) is 0 Å². The van der Waals surface area contributed by atoms with E-state index in [9.17, 15) is 9.90 Å². The number of rotatable bonds is 4. The molecule has 7 heteroatoms. The Hall–Kier alpha value is -2.15. The van der Waals surface area contributed by atoms with Crippen LogP contribution in [0.3, 0.4) is 0 Å². The van der Waals surface area contributed by atoms with Gasteiger partial charge in [0.15, 0.2) is 5.82 Å². The third kappa shape index (κ3) is 3.01. The number of nitrogens with zero attached hydrogens (tertiary/aromatic N) is 2. The fourth-order valence-electron chi connectivity index (χ4n) is 3.09. The van der Waals surface area contributed by atoms with E-state index in [1.165, 1.54) is 24.1 Å². The fourth-order valence-corrected chi connectivity index (χ4v) is 3.09. The van der Waals surface area contributed by atoms with Crippen LogP contribution in [0.1, 0.15) is 77.8 Å². The number of carbonyl (C=O) groups is 1. The van der Waals surface area contributed by atoms with E-state index >= 15 is 0 Å². The summed E-state index contributed by atoms with van der Waals surface area (Å²) in [6, 6.07) is -0.317. The van der Waals surface area contributed by atoms with E-state index in [4.69, 9.17) is 0 Å². The zero-order valence-electron chi connectivity index (χ0n) is 13.7. The zero-order valence-corrected chi connectivity index (χ0v) is 13.7. The molecule has 2 heterocycles. The van der Waals surface area contributed by atoms with E-state index in [2.05, 4.69) is 25.5 Å². The summed E-state index contributed by atoms with van der Waals surface area (Å²) >= 11 is 0. The van der Waals surface area contributed by atoms with Gasteiger partial charge in [0.05, 0.1) is 6.04 Å². The maximum absolute atomic E-state index is 12.6. The molecule has 3 rings (SSSR count). The molecule has 0 bridgehead atoms. The Balaban J connectivity index is 1.74. The first-order valence-electron chi connectivity index (χ1n) is 8.08. The van der Waals surface area contributed by atoms with Crippen molar-refractivity contribution in [1.82, 2.24) is 25.5 Å². The predicted molar refractivity (Wildman–Crippen MR) is 85.1 cm³/mol. The van der Waals surface area contributed by atoms with E-state index in [-0.39, 0.29) is 11.9 Å². The van der Waals surface area contributed by atoms with Gasteiger partial charge in [-0.1, -0.05) is 0 Å². The van der Waals surface area contributed by atoms with Crippen LogP contribution < -0.4 is 5.32 Å². The number of aliphatic hydroxyl groups excluding tert-OH is 1. The number of aryl methyl sites for hydroxylation is 1. The lowest BCUT2D eigenvalue weighted by molar-refractivity contribution is 0.0933. The molecule has 2 atom stereocenters. The van der Waals surface area contributed by atoms with Gasteiger partial charge in [-0.2, -0.15) is 5.10 Å². The molecule has 0 spiro atoms. The minimum Gasteiger partial charge on any atom is -0.385 e. The highest BCUT2D eigenvalue weighted by Crippen LogP contribution is 2.26. The van der Waals surface area contributed by atoms with Crippen molar-refractivity contribution in [3.05, 3.63) is 34.2 Å². The van der Waals surface area contributed by atoms with Gasteiger partial charge in [-0.05, 0) is 57.6 Å². The summed E-state index contributed by atoms with van der Waals surface area (Å²) < 4.78 is 0. The van der Waals surface area contributed by atoms with Gasteiger partial charge < -0.3 is 15.4 Å². The fraction of sp³-hybridized carbons (Fsp3) is 0.562. The highest BCUT2D eigenvalue weighted by atomic mass is 16.3. The van der Waals surface area contributed by atoms with Gasteiger partial charge in [0.2, 0.25) is 0 Å². The SMILES string of the molecule is Cc1c(C(=O)NC(C)c2nc(C(C)O)n[nH]2)[nH]c2c1CCCC2. The molecule has 7 nitrogen and oxygen atoms in total. The Labute approximate surface area is 134 Å². The molecular weight excluding hydrogens is 294 g/mol. The van der Waals surface area contributed by atoms with Gasteiger partial charge in [0.1, 0.15) is 17.6 Å². The summed E-state index contributed by atoms with van der Waals surface area (Å²) in [6.45, 7) is 5.44. The molecule has 1 aliphatic carbocycles. The van der Waals surface area contributed by atoms with Gasteiger partial charge in [-0.15, -0.1) is 0 Å². The van der Waals surface area contributed by atoms with Crippen LogP contribution in [0, 0.1) is 6.92 Å². The molecule has 2 unspecified atom stereocenters. The first-order valence-corrected chi connectivity index (χ1v) is 8.08. The first-order chi connectivity index (χ1) is 11.0. The van der Waals surface area contributed by atoms with Crippen LogP contribution in [0.2, 0.25) is 0 Å². The van der Waals surface area contributed by atoms with Crippen LogP contribution in [0.25, 0.3) is 0 Å². The van der Waals surface area contributed by atoms with Crippen molar-refractivity contribution in [2.45, 2.75) is 58.6 Å². The summed E-state index contributed by atoms with van der Waals surface area (Å²) in [6.07, 6.45) is 3.67. The first kappa shape index (κ1) is 15.7. The van der Waals surface area contributed by atoms with E-state index in [0.29, 0.717) is 17.3 Å².